The van der Waals surface area contributed by atoms with Gasteiger partial charge >= 0.3 is 0 Å². The van der Waals surface area contributed by atoms with Gasteiger partial charge in [0.05, 0.1) is 17.3 Å². The van der Waals surface area contributed by atoms with Crippen molar-refractivity contribution in [3.63, 3.8) is 0 Å². The molecule has 0 radical (unpaired) electrons. The number of anilines is 1. The summed E-state index contributed by atoms with van der Waals surface area (Å²) in [7, 11) is 0. The highest BCUT2D eigenvalue weighted by Crippen LogP contribution is 2.31. The van der Waals surface area contributed by atoms with Gasteiger partial charge in [-0.3, -0.25) is 9.59 Å². The van der Waals surface area contributed by atoms with Crippen LogP contribution in [0.1, 0.15) is 88.2 Å². The average molecular weight is 728 g/mol. The second-order valence-electron chi connectivity index (χ2n) is 14.7. The molecule has 0 bridgehead atoms. The van der Waals surface area contributed by atoms with Gasteiger partial charge in [0.2, 0.25) is 0 Å². The number of amides is 2. The maximum absolute atomic E-state index is 13.7. The van der Waals surface area contributed by atoms with E-state index >= 15 is 0 Å². The zero-order chi connectivity index (χ0) is 37.4. The Labute approximate surface area is 318 Å². The fourth-order valence-electron chi connectivity index (χ4n) is 7.86. The lowest BCUT2D eigenvalue weighted by Crippen LogP contribution is -2.30. The zero-order valence-corrected chi connectivity index (χ0v) is 31.8. The number of rotatable bonds is 13. The molecule has 2 aliphatic heterocycles. The van der Waals surface area contributed by atoms with E-state index in [-0.39, 0.29) is 17.9 Å². The van der Waals surface area contributed by atoms with Crippen molar-refractivity contribution in [3.05, 3.63) is 112 Å². The summed E-state index contributed by atoms with van der Waals surface area (Å²) in [6.07, 6.45) is 7.95. The highest BCUT2D eigenvalue weighted by Gasteiger charge is 2.23. The van der Waals surface area contributed by atoms with E-state index in [0.29, 0.717) is 30.6 Å². The quantitative estimate of drug-likeness (QED) is 0.103. The normalized spacial score (nSPS) is 15.3. The number of pyridine rings is 1. The molecule has 282 valence electrons. The van der Waals surface area contributed by atoms with E-state index in [9.17, 15) is 9.59 Å². The van der Waals surface area contributed by atoms with Crippen LogP contribution in [0.25, 0.3) is 22.2 Å². The van der Waals surface area contributed by atoms with Gasteiger partial charge < -0.3 is 26.0 Å². The Morgan fingerprint density at radius 2 is 1.52 bits per heavy atom. The molecule has 2 aliphatic rings. The Morgan fingerprint density at radius 1 is 0.852 bits per heavy atom. The molecule has 0 atom stereocenters. The lowest BCUT2D eigenvalue weighted by Gasteiger charge is -2.26. The molecule has 10 nitrogen and oxygen atoms in total. The van der Waals surface area contributed by atoms with Crippen molar-refractivity contribution in [1.82, 2.24) is 30.7 Å². The summed E-state index contributed by atoms with van der Waals surface area (Å²) >= 11 is 0. The minimum Gasteiger partial charge on any atom is -0.381 e. The Balaban J connectivity index is 1.03. The van der Waals surface area contributed by atoms with Crippen LogP contribution < -0.4 is 21.3 Å². The maximum Gasteiger partial charge on any atom is 0.251 e. The number of hydrogen-bond acceptors (Lipinski definition) is 7. The monoisotopic (exact) mass is 727 g/mol. The number of nitrogens with one attached hydrogen (secondary N) is 4. The number of benzene rings is 3. The lowest BCUT2D eigenvalue weighted by atomic mass is 9.90. The van der Waals surface area contributed by atoms with E-state index in [1.807, 2.05) is 42.1 Å². The fraction of sp³-hybridized carbons (Fsp3) is 0.409. The van der Waals surface area contributed by atoms with E-state index in [1.165, 1.54) is 24.0 Å². The third-order valence-electron chi connectivity index (χ3n) is 10.8. The first-order valence-corrected chi connectivity index (χ1v) is 19.7. The third kappa shape index (κ3) is 8.83. The van der Waals surface area contributed by atoms with Crippen LogP contribution in [0.4, 0.5) is 5.69 Å². The largest absolute Gasteiger partial charge is 0.381 e. The first kappa shape index (κ1) is 37.3. The van der Waals surface area contributed by atoms with Crippen LogP contribution in [0.2, 0.25) is 0 Å². The molecule has 4 N–H and O–H groups in total. The average Bonchev–Trinajstić information content (AvgIpc) is 3.63. The molecular weight excluding hydrogens is 675 g/mol. The summed E-state index contributed by atoms with van der Waals surface area (Å²) in [5.74, 6) is 0.263. The molecule has 0 spiro atoms. The molecule has 0 saturated carbocycles. The molecule has 54 heavy (non-hydrogen) atoms. The predicted molar refractivity (Wildman–Crippen MR) is 215 cm³/mol. The first-order chi connectivity index (χ1) is 26.4. The van der Waals surface area contributed by atoms with Crippen LogP contribution in [-0.4, -0.2) is 58.9 Å². The van der Waals surface area contributed by atoms with Gasteiger partial charge in [0.25, 0.3) is 11.8 Å². The van der Waals surface area contributed by atoms with E-state index < -0.39 is 0 Å². The molecule has 2 saturated heterocycles. The van der Waals surface area contributed by atoms with Gasteiger partial charge in [-0.25, -0.2) is 9.67 Å². The summed E-state index contributed by atoms with van der Waals surface area (Å²) in [6.45, 7) is 11.1. The fourth-order valence-corrected chi connectivity index (χ4v) is 7.86. The van der Waals surface area contributed by atoms with Crippen molar-refractivity contribution < 1.29 is 14.3 Å². The minimum absolute atomic E-state index is 0.221. The van der Waals surface area contributed by atoms with Crippen molar-refractivity contribution in [1.29, 1.82) is 0 Å². The number of fused-ring (bicyclic) bond motifs is 1. The summed E-state index contributed by atoms with van der Waals surface area (Å²) < 4.78 is 7.53. The number of ether oxygens (including phenoxy) is 1. The first-order valence-electron chi connectivity index (χ1n) is 19.7. The Bertz CT molecular complexity index is 2100. The second kappa shape index (κ2) is 17.4. The van der Waals surface area contributed by atoms with Gasteiger partial charge in [-0.05, 0) is 123 Å². The van der Waals surface area contributed by atoms with Crippen LogP contribution in [0.15, 0.2) is 72.9 Å². The van der Waals surface area contributed by atoms with E-state index in [1.54, 1.807) is 6.07 Å². The van der Waals surface area contributed by atoms with E-state index in [2.05, 4.69) is 76.6 Å². The molecule has 0 unspecified atom stereocenters. The number of aryl methyl sites for hydroxylation is 3. The zero-order valence-electron chi connectivity index (χ0n) is 31.8. The number of carbonyl (C=O) groups excluding carboxylic acids is 2. The number of aromatic nitrogens is 3. The van der Waals surface area contributed by atoms with E-state index in [4.69, 9.17) is 9.72 Å². The molecular formula is C44H53N7O3. The van der Waals surface area contributed by atoms with Gasteiger partial charge in [0.15, 0.2) is 5.65 Å². The van der Waals surface area contributed by atoms with E-state index in [0.717, 1.165) is 103 Å². The summed E-state index contributed by atoms with van der Waals surface area (Å²) in [4.78, 5) is 32.2. The molecule has 4 heterocycles. The van der Waals surface area contributed by atoms with Gasteiger partial charge in [-0.15, -0.1) is 0 Å². The molecule has 0 aliphatic carbocycles. The van der Waals surface area contributed by atoms with Crippen molar-refractivity contribution in [2.75, 3.05) is 31.6 Å². The predicted octanol–water partition coefficient (Wildman–Crippen LogP) is 6.98. The Morgan fingerprint density at radius 3 is 2.20 bits per heavy atom. The number of nitrogens with zero attached hydrogens (tertiary/aromatic N) is 3. The minimum atomic E-state index is -0.244. The molecule has 3 aromatic carbocycles. The van der Waals surface area contributed by atoms with Crippen molar-refractivity contribution >= 4 is 28.5 Å². The summed E-state index contributed by atoms with van der Waals surface area (Å²) in [6, 6.07) is 22.8. The standard InChI is InChI=1S/C44H53N7O3/c1-4-40-38(41(49-37-14-18-54-19-15-37)39-28-48-51(5-2)42(39)50-40)27-47-44(53)36-21-29(3)20-35(25-36)43(52)46-26-32-9-7-11-34(24-32)33-10-6-8-31(23-33)22-30-12-16-45-17-13-30/h6-11,20-21,23-25,28,30,37,45H,4-5,12-19,22,26-27H2,1-3H3,(H,46,52)(H,47,53)(H,49,50). The van der Waals surface area contributed by atoms with Gasteiger partial charge in [0.1, 0.15) is 0 Å². The van der Waals surface area contributed by atoms with Gasteiger partial charge in [0, 0.05) is 61.3 Å². The lowest BCUT2D eigenvalue weighted by molar-refractivity contribution is 0.0904. The van der Waals surface area contributed by atoms with Gasteiger partial charge in [-0.2, -0.15) is 5.10 Å². The number of carbonyl (C=O) groups is 2. The Hall–Kier alpha value is -5.06. The molecule has 10 heteroatoms. The second-order valence-corrected chi connectivity index (χ2v) is 14.7. The van der Waals surface area contributed by atoms with Crippen molar-refractivity contribution in [2.45, 2.75) is 85.0 Å². The van der Waals surface area contributed by atoms with Crippen LogP contribution >= 0.6 is 0 Å². The van der Waals surface area contributed by atoms with Crippen LogP contribution in [0, 0.1) is 12.8 Å². The van der Waals surface area contributed by atoms with Crippen molar-refractivity contribution in [2.24, 2.45) is 5.92 Å². The van der Waals surface area contributed by atoms with Gasteiger partial charge in [-0.1, -0.05) is 49.4 Å². The highest BCUT2D eigenvalue weighted by atomic mass is 16.5. The molecule has 2 amide bonds. The SMILES string of the molecule is CCc1nc2c(cnn2CC)c(NC2CCOCC2)c1CNC(=O)c1cc(C)cc(C(=O)NCc2cccc(-c3cccc(CC4CCNCC4)c3)c2)c1. The molecule has 2 aromatic heterocycles. The molecule has 5 aromatic rings. The van der Waals surface area contributed by atoms with Crippen molar-refractivity contribution in [3.8, 4) is 11.1 Å². The topological polar surface area (TPSA) is 122 Å². The summed E-state index contributed by atoms with van der Waals surface area (Å²) in [5, 5.41) is 19.0. The van der Waals surface area contributed by atoms with Crippen LogP contribution in [0.5, 0.6) is 0 Å². The smallest absolute Gasteiger partial charge is 0.251 e. The number of hydrogen-bond donors (Lipinski definition) is 4. The summed E-state index contributed by atoms with van der Waals surface area (Å²) in [5.41, 5.74) is 10.1. The molecule has 2 fully saturated rings. The van der Waals surface area contributed by atoms with Crippen LogP contribution in [-0.2, 0) is 37.2 Å². The van der Waals surface area contributed by atoms with Crippen LogP contribution in [0.3, 0.4) is 0 Å². The maximum atomic E-state index is 13.7. The Kier molecular flexibility index (Phi) is 12.0. The highest BCUT2D eigenvalue weighted by molar-refractivity contribution is 6.00. The third-order valence-corrected chi connectivity index (χ3v) is 10.8. The number of piperidine rings is 1. The molecule has 7 rings (SSSR count).